The number of nitrogens with two attached hydrogens (primary N) is 1. The van der Waals surface area contributed by atoms with Crippen LogP contribution < -0.4 is 15.8 Å². The second kappa shape index (κ2) is 7.65. The second-order valence-electron chi connectivity index (χ2n) is 5.37. The third kappa shape index (κ3) is 4.72. The highest BCUT2D eigenvalue weighted by Crippen LogP contribution is 2.19. The molecule has 0 spiro atoms. The van der Waals surface area contributed by atoms with Crippen molar-refractivity contribution >= 4 is 17.3 Å². The predicted molar refractivity (Wildman–Crippen MR) is 91.5 cm³/mol. The van der Waals surface area contributed by atoms with E-state index in [9.17, 15) is 4.79 Å². The lowest BCUT2D eigenvalue weighted by Crippen LogP contribution is -2.28. The molecule has 0 fully saturated rings. The minimum absolute atomic E-state index is 0.207. The second-order valence-corrected chi connectivity index (χ2v) is 5.37. The molecule has 1 amide bonds. The van der Waals surface area contributed by atoms with Crippen LogP contribution in [0, 0.1) is 6.92 Å². The van der Waals surface area contributed by atoms with Gasteiger partial charge in [0.15, 0.2) is 0 Å². The lowest BCUT2D eigenvalue weighted by molar-refractivity contribution is -0.127. The number of amides is 1. The summed E-state index contributed by atoms with van der Waals surface area (Å²) >= 11 is 0. The van der Waals surface area contributed by atoms with Crippen LogP contribution in [-0.2, 0) is 16.1 Å². The summed E-state index contributed by atoms with van der Waals surface area (Å²) in [6.07, 6.45) is -0.581. The van der Waals surface area contributed by atoms with Crippen molar-refractivity contribution in [2.24, 2.45) is 0 Å². The molecule has 1 unspecified atom stereocenters. The highest BCUT2D eigenvalue weighted by atomic mass is 16.5. The summed E-state index contributed by atoms with van der Waals surface area (Å²) in [4.78, 5) is 12.2. The van der Waals surface area contributed by atoms with Crippen LogP contribution in [0.2, 0.25) is 0 Å². The molecule has 2 rings (SSSR count). The first-order valence-corrected chi connectivity index (χ1v) is 7.41. The molecular formula is C18H22N2O3. The standard InChI is InChI=1S/C18H22N2O3/c1-12-7-8-15(19)10-17(12)20-18(21)13(2)23-11-14-5-4-6-16(9-14)22-3/h4-10,13H,11,19H2,1-3H3,(H,20,21). The first kappa shape index (κ1) is 16.8. The van der Waals surface area contributed by atoms with Gasteiger partial charge in [-0.25, -0.2) is 0 Å². The number of anilines is 2. The Labute approximate surface area is 136 Å². The number of carbonyl (C=O) groups is 1. The molecule has 0 heterocycles. The molecule has 0 saturated heterocycles. The summed E-state index contributed by atoms with van der Waals surface area (Å²) in [5.41, 5.74) is 8.95. The van der Waals surface area contributed by atoms with Gasteiger partial charge in [-0.2, -0.15) is 0 Å². The molecule has 0 aliphatic carbocycles. The zero-order chi connectivity index (χ0) is 16.8. The summed E-state index contributed by atoms with van der Waals surface area (Å²) in [6.45, 7) is 3.97. The molecule has 0 radical (unpaired) electrons. The van der Waals surface area contributed by atoms with E-state index in [4.69, 9.17) is 15.2 Å². The number of nitrogen functional groups attached to an aromatic ring is 1. The van der Waals surface area contributed by atoms with Crippen LogP contribution in [0.5, 0.6) is 5.75 Å². The van der Waals surface area contributed by atoms with Crippen molar-refractivity contribution in [2.75, 3.05) is 18.2 Å². The Bertz CT molecular complexity index is 686. The van der Waals surface area contributed by atoms with Gasteiger partial charge < -0.3 is 20.5 Å². The Morgan fingerprint density at radius 3 is 2.78 bits per heavy atom. The first-order chi connectivity index (χ1) is 11.0. The van der Waals surface area contributed by atoms with E-state index in [1.165, 1.54) is 0 Å². The number of ether oxygens (including phenoxy) is 2. The number of methoxy groups -OCH3 is 1. The minimum atomic E-state index is -0.581. The molecule has 5 nitrogen and oxygen atoms in total. The van der Waals surface area contributed by atoms with Gasteiger partial charge in [0.2, 0.25) is 0 Å². The predicted octanol–water partition coefficient (Wildman–Crippen LogP) is 3.13. The average molecular weight is 314 g/mol. The molecule has 0 aliphatic heterocycles. The zero-order valence-electron chi connectivity index (χ0n) is 13.6. The smallest absolute Gasteiger partial charge is 0.253 e. The average Bonchev–Trinajstić information content (AvgIpc) is 2.56. The van der Waals surface area contributed by atoms with E-state index in [1.807, 2.05) is 37.3 Å². The van der Waals surface area contributed by atoms with E-state index in [0.717, 1.165) is 16.9 Å². The molecule has 122 valence electrons. The molecule has 2 aromatic rings. The van der Waals surface area contributed by atoms with E-state index < -0.39 is 6.10 Å². The van der Waals surface area contributed by atoms with Gasteiger partial charge in [-0.3, -0.25) is 4.79 Å². The minimum Gasteiger partial charge on any atom is -0.497 e. The van der Waals surface area contributed by atoms with Crippen LogP contribution >= 0.6 is 0 Å². The van der Waals surface area contributed by atoms with Gasteiger partial charge in [-0.05, 0) is 49.2 Å². The Morgan fingerprint density at radius 1 is 1.26 bits per heavy atom. The van der Waals surface area contributed by atoms with Crippen LogP contribution in [0.15, 0.2) is 42.5 Å². The van der Waals surface area contributed by atoms with Crippen molar-refractivity contribution in [3.63, 3.8) is 0 Å². The van der Waals surface area contributed by atoms with Crippen LogP contribution in [0.1, 0.15) is 18.1 Å². The number of rotatable bonds is 6. The molecule has 0 saturated carbocycles. The van der Waals surface area contributed by atoms with Crippen LogP contribution in [0.3, 0.4) is 0 Å². The molecular weight excluding hydrogens is 292 g/mol. The van der Waals surface area contributed by atoms with E-state index in [-0.39, 0.29) is 5.91 Å². The van der Waals surface area contributed by atoms with E-state index >= 15 is 0 Å². The third-order valence-electron chi connectivity index (χ3n) is 3.52. The van der Waals surface area contributed by atoms with Crippen molar-refractivity contribution < 1.29 is 14.3 Å². The Morgan fingerprint density at radius 2 is 2.04 bits per heavy atom. The Kier molecular flexibility index (Phi) is 5.60. The monoisotopic (exact) mass is 314 g/mol. The molecule has 0 aromatic heterocycles. The molecule has 3 N–H and O–H groups in total. The van der Waals surface area contributed by atoms with Crippen molar-refractivity contribution in [3.8, 4) is 5.75 Å². The molecule has 5 heteroatoms. The van der Waals surface area contributed by atoms with Gasteiger partial charge in [-0.15, -0.1) is 0 Å². The highest BCUT2D eigenvalue weighted by molar-refractivity contribution is 5.95. The summed E-state index contributed by atoms with van der Waals surface area (Å²) in [6, 6.07) is 13.0. The van der Waals surface area contributed by atoms with Gasteiger partial charge in [0.1, 0.15) is 11.9 Å². The molecule has 1 atom stereocenters. The fraction of sp³-hybridized carbons (Fsp3) is 0.278. The number of hydrogen-bond donors (Lipinski definition) is 2. The van der Waals surface area contributed by atoms with Gasteiger partial charge in [-0.1, -0.05) is 18.2 Å². The first-order valence-electron chi connectivity index (χ1n) is 7.41. The number of benzene rings is 2. The van der Waals surface area contributed by atoms with Gasteiger partial charge in [0.05, 0.1) is 13.7 Å². The van der Waals surface area contributed by atoms with E-state index in [2.05, 4.69) is 5.32 Å². The maximum atomic E-state index is 12.2. The number of carbonyl (C=O) groups excluding carboxylic acids is 1. The van der Waals surface area contributed by atoms with E-state index in [1.54, 1.807) is 26.2 Å². The summed E-state index contributed by atoms with van der Waals surface area (Å²) < 4.78 is 10.8. The third-order valence-corrected chi connectivity index (χ3v) is 3.52. The quantitative estimate of drug-likeness (QED) is 0.803. The lowest BCUT2D eigenvalue weighted by Gasteiger charge is -2.15. The maximum absolute atomic E-state index is 12.2. The molecule has 2 aromatic carbocycles. The molecule has 0 bridgehead atoms. The van der Waals surface area contributed by atoms with Gasteiger partial charge in [0, 0.05) is 11.4 Å². The normalized spacial score (nSPS) is 11.8. The van der Waals surface area contributed by atoms with Crippen LogP contribution in [0.4, 0.5) is 11.4 Å². The zero-order valence-corrected chi connectivity index (χ0v) is 13.6. The number of aryl methyl sites for hydroxylation is 1. The van der Waals surface area contributed by atoms with Crippen LogP contribution in [0.25, 0.3) is 0 Å². The number of hydrogen-bond acceptors (Lipinski definition) is 4. The Hall–Kier alpha value is -2.53. The van der Waals surface area contributed by atoms with Crippen molar-refractivity contribution in [3.05, 3.63) is 53.6 Å². The summed E-state index contributed by atoms with van der Waals surface area (Å²) in [5.74, 6) is 0.556. The Balaban J connectivity index is 1.93. The topological polar surface area (TPSA) is 73.6 Å². The maximum Gasteiger partial charge on any atom is 0.253 e. The summed E-state index contributed by atoms with van der Waals surface area (Å²) in [5, 5.41) is 2.84. The van der Waals surface area contributed by atoms with Gasteiger partial charge >= 0.3 is 0 Å². The fourth-order valence-electron chi connectivity index (χ4n) is 2.07. The molecule has 0 aliphatic rings. The number of nitrogens with one attached hydrogen (secondary N) is 1. The van der Waals surface area contributed by atoms with Gasteiger partial charge in [0.25, 0.3) is 5.91 Å². The van der Waals surface area contributed by atoms with Crippen molar-refractivity contribution in [2.45, 2.75) is 26.6 Å². The lowest BCUT2D eigenvalue weighted by atomic mass is 10.1. The van der Waals surface area contributed by atoms with Crippen molar-refractivity contribution in [1.82, 2.24) is 0 Å². The SMILES string of the molecule is COc1cccc(COC(C)C(=O)Nc2cc(N)ccc2C)c1. The molecule has 23 heavy (non-hydrogen) atoms. The van der Waals surface area contributed by atoms with E-state index in [0.29, 0.717) is 18.0 Å². The summed E-state index contributed by atoms with van der Waals surface area (Å²) in [7, 11) is 1.62. The largest absolute Gasteiger partial charge is 0.497 e. The van der Waals surface area contributed by atoms with Crippen LogP contribution in [-0.4, -0.2) is 19.1 Å². The van der Waals surface area contributed by atoms with Crippen molar-refractivity contribution in [1.29, 1.82) is 0 Å². The highest BCUT2D eigenvalue weighted by Gasteiger charge is 2.15. The fourth-order valence-corrected chi connectivity index (χ4v) is 2.07.